The highest BCUT2D eigenvalue weighted by molar-refractivity contribution is 5.90. The molecule has 0 saturated carbocycles. The van der Waals surface area contributed by atoms with Crippen molar-refractivity contribution in [1.29, 1.82) is 0 Å². The van der Waals surface area contributed by atoms with Gasteiger partial charge in [0.1, 0.15) is 0 Å². The molecule has 1 amide bonds. The van der Waals surface area contributed by atoms with Gasteiger partial charge in [0.2, 0.25) is 12.1 Å². The summed E-state index contributed by atoms with van der Waals surface area (Å²) in [7, 11) is 2.43. The van der Waals surface area contributed by atoms with E-state index in [0.717, 1.165) is 19.1 Å². The number of fused-ring (bicyclic) bond motifs is 1. The topological polar surface area (TPSA) is 91.4 Å². The van der Waals surface area contributed by atoms with Crippen LogP contribution in [0.15, 0.2) is 41.7 Å². The summed E-state index contributed by atoms with van der Waals surface area (Å²) in [6, 6.07) is 9.85. The molecule has 8 heteroatoms. The molecule has 2 aliphatic heterocycles. The highest BCUT2D eigenvalue weighted by atomic mass is 16.7. The van der Waals surface area contributed by atoms with Crippen LogP contribution >= 0.6 is 0 Å². The van der Waals surface area contributed by atoms with Crippen LogP contribution in [0.1, 0.15) is 24.8 Å². The molecule has 8 nitrogen and oxygen atoms in total. The van der Waals surface area contributed by atoms with Crippen LogP contribution in [0.4, 0.5) is 4.79 Å². The van der Waals surface area contributed by atoms with Gasteiger partial charge in [0.05, 0.1) is 26.2 Å². The van der Waals surface area contributed by atoms with Gasteiger partial charge in [0.25, 0.3) is 0 Å². The monoisotopic (exact) mass is 375 g/mol. The number of hydrogen-bond acceptors (Lipinski definition) is 7. The quantitative estimate of drug-likeness (QED) is 0.427. The van der Waals surface area contributed by atoms with Crippen molar-refractivity contribution in [2.24, 2.45) is 0 Å². The largest absolute Gasteiger partial charge is 0.510 e. The Morgan fingerprint density at radius 3 is 2.56 bits per heavy atom. The number of carbonyl (C=O) groups excluding carboxylic acids is 3. The standard InChI is InChI=1S/C19H21NO7/c1-24-18(22)13(10-6-9-12-7-4-3-5-8-12)16-17(27-19(23)25-2)20-14(21)11-15(20)26-16/h3-5,7-8,15,17H,6,9-11H2,1-2H3/t15-,17?/m1/s1. The molecule has 0 aliphatic carbocycles. The van der Waals surface area contributed by atoms with Crippen molar-refractivity contribution >= 4 is 18.0 Å². The molecule has 0 N–H and O–H groups in total. The van der Waals surface area contributed by atoms with Crippen molar-refractivity contribution in [2.45, 2.75) is 38.1 Å². The second-order valence-corrected chi connectivity index (χ2v) is 6.18. The van der Waals surface area contributed by atoms with E-state index >= 15 is 0 Å². The van der Waals surface area contributed by atoms with Crippen LogP contribution in [0.5, 0.6) is 0 Å². The predicted molar refractivity (Wildman–Crippen MR) is 92.0 cm³/mol. The molecule has 1 unspecified atom stereocenters. The minimum Gasteiger partial charge on any atom is -0.467 e. The molecule has 0 aromatic heterocycles. The average Bonchev–Trinajstić information content (AvgIpc) is 2.96. The fourth-order valence-corrected chi connectivity index (χ4v) is 3.15. The summed E-state index contributed by atoms with van der Waals surface area (Å²) in [6.45, 7) is 0. The number of esters is 1. The Kier molecular flexibility index (Phi) is 5.63. The lowest BCUT2D eigenvalue weighted by atomic mass is 10.0. The van der Waals surface area contributed by atoms with Crippen LogP contribution in [-0.4, -0.2) is 49.6 Å². The second-order valence-electron chi connectivity index (χ2n) is 6.18. The molecule has 2 heterocycles. The van der Waals surface area contributed by atoms with Crippen molar-refractivity contribution < 1.29 is 33.3 Å². The Labute approximate surface area is 156 Å². The van der Waals surface area contributed by atoms with Crippen LogP contribution in [0, 0.1) is 0 Å². The number of ether oxygens (including phenoxy) is 4. The van der Waals surface area contributed by atoms with Crippen molar-refractivity contribution in [3.05, 3.63) is 47.2 Å². The van der Waals surface area contributed by atoms with Gasteiger partial charge in [-0.1, -0.05) is 30.3 Å². The minimum absolute atomic E-state index is 0.135. The van der Waals surface area contributed by atoms with Gasteiger partial charge in [-0.2, -0.15) is 0 Å². The first-order chi connectivity index (χ1) is 13.0. The lowest BCUT2D eigenvalue weighted by Crippen LogP contribution is -2.53. The van der Waals surface area contributed by atoms with Crippen LogP contribution in [0.2, 0.25) is 0 Å². The molecule has 144 valence electrons. The van der Waals surface area contributed by atoms with E-state index in [1.807, 2.05) is 30.3 Å². The summed E-state index contributed by atoms with van der Waals surface area (Å²) in [4.78, 5) is 37.1. The number of nitrogens with zero attached hydrogens (tertiary/aromatic N) is 1. The molecule has 2 saturated heterocycles. The SMILES string of the molecule is COC(=O)OC1C(=C(CCCc2ccccc2)C(=O)OC)O[C@@H]2CC(=O)N12. The summed E-state index contributed by atoms with van der Waals surface area (Å²) < 4.78 is 20.3. The number of amides is 1. The summed E-state index contributed by atoms with van der Waals surface area (Å²) in [5.41, 5.74) is 1.39. The normalized spacial score (nSPS) is 22.3. The molecule has 1 aromatic rings. The third-order valence-corrected chi connectivity index (χ3v) is 4.53. The fourth-order valence-electron chi connectivity index (χ4n) is 3.15. The molecule has 27 heavy (non-hydrogen) atoms. The van der Waals surface area contributed by atoms with Gasteiger partial charge in [0, 0.05) is 0 Å². The summed E-state index contributed by atoms with van der Waals surface area (Å²) >= 11 is 0. The van der Waals surface area contributed by atoms with Crippen LogP contribution in [-0.2, 0) is 35.0 Å². The Balaban J connectivity index is 1.81. The van der Waals surface area contributed by atoms with Crippen molar-refractivity contribution in [2.75, 3.05) is 14.2 Å². The molecule has 2 aliphatic rings. The lowest BCUT2D eigenvalue weighted by Gasteiger charge is -2.33. The minimum atomic E-state index is -1.12. The maximum Gasteiger partial charge on any atom is 0.510 e. The summed E-state index contributed by atoms with van der Waals surface area (Å²) in [6.07, 6.45) is -0.690. The van der Waals surface area contributed by atoms with Gasteiger partial charge < -0.3 is 18.9 Å². The third-order valence-electron chi connectivity index (χ3n) is 4.53. The van der Waals surface area contributed by atoms with E-state index in [0.29, 0.717) is 12.8 Å². The maximum absolute atomic E-state index is 12.3. The van der Waals surface area contributed by atoms with Gasteiger partial charge in [-0.25, -0.2) is 9.59 Å². The molecule has 0 radical (unpaired) electrons. The molecule has 1 aromatic carbocycles. The average molecular weight is 375 g/mol. The number of aryl methyl sites for hydroxylation is 1. The van der Waals surface area contributed by atoms with Crippen molar-refractivity contribution in [3.8, 4) is 0 Å². The predicted octanol–water partition coefficient (Wildman–Crippen LogP) is 2.13. The van der Waals surface area contributed by atoms with E-state index in [1.165, 1.54) is 12.0 Å². The Morgan fingerprint density at radius 2 is 1.93 bits per heavy atom. The van der Waals surface area contributed by atoms with E-state index in [2.05, 4.69) is 4.74 Å². The number of β-lactam (4-membered cyclic amide) rings is 1. The van der Waals surface area contributed by atoms with Crippen LogP contribution in [0.25, 0.3) is 0 Å². The van der Waals surface area contributed by atoms with Gasteiger partial charge >= 0.3 is 12.1 Å². The zero-order valence-corrected chi connectivity index (χ0v) is 15.2. The molecular weight excluding hydrogens is 354 g/mol. The first-order valence-electron chi connectivity index (χ1n) is 8.63. The number of methoxy groups -OCH3 is 2. The van der Waals surface area contributed by atoms with E-state index in [1.54, 1.807) is 0 Å². The molecule has 0 bridgehead atoms. The molecule has 3 rings (SSSR count). The zero-order valence-electron chi connectivity index (χ0n) is 15.2. The second kappa shape index (κ2) is 8.11. The van der Waals surface area contributed by atoms with E-state index < -0.39 is 24.6 Å². The number of hydrogen-bond donors (Lipinski definition) is 0. The highest BCUT2D eigenvalue weighted by Crippen LogP contribution is 2.39. The Morgan fingerprint density at radius 1 is 1.19 bits per heavy atom. The van der Waals surface area contributed by atoms with E-state index in [-0.39, 0.29) is 23.7 Å². The Hall–Kier alpha value is -3.03. The van der Waals surface area contributed by atoms with Gasteiger partial charge in [-0.15, -0.1) is 0 Å². The third kappa shape index (κ3) is 3.89. The van der Waals surface area contributed by atoms with E-state index in [4.69, 9.17) is 14.2 Å². The highest BCUT2D eigenvalue weighted by Gasteiger charge is 2.54. The molecule has 2 fully saturated rings. The number of carbonyl (C=O) groups is 3. The maximum atomic E-state index is 12.3. The zero-order chi connectivity index (χ0) is 19.4. The van der Waals surface area contributed by atoms with E-state index in [9.17, 15) is 14.4 Å². The number of rotatable bonds is 6. The Bertz CT molecular complexity index is 759. The first-order valence-corrected chi connectivity index (χ1v) is 8.63. The molecule has 0 spiro atoms. The van der Waals surface area contributed by atoms with Gasteiger partial charge in [-0.05, 0) is 24.8 Å². The van der Waals surface area contributed by atoms with Gasteiger partial charge in [-0.3, -0.25) is 9.69 Å². The van der Waals surface area contributed by atoms with Crippen molar-refractivity contribution in [1.82, 2.24) is 4.90 Å². The summed E-state index contributed by atoms with van der Waals surface area (Å²) in [5.74, 6) is -0.667. The van der Waals surface area contributed by atoms with Crippen LogP contribution < -0.4 is 0 Å². The smallest absolute Gasteiger partial charge is 0.467 e. The first kappa shape index (κ1) is 18.8. The summed E-state index contributed by atoms with van der Waals surface area (Å²) in [5, 5.41) is 0. The number of benzene rings is 1. The van der Waals surface area contributed by atoms with Gasteiger partial charge in [0.15, 0.2) is 12.0 Å². The fraction of sp³-hybridized carbons (Fsp3) is 0.421. The van der Waals surface area contributed by atoms with Crippen molar-refractivity contribution in [3.63, 3.8) is 0 Å². The lowest BCUT2D eigenvalue weighted by molar-refractivity contribution is -0.164. The molecule has 2 atom stereocenters. The molecular formula is C19H21NO7. The van der Waals surface area contributed by atoms with Crippen LogP contribution in [0.3, 0.4) is 0 Å².